The number of nitrogens with zero attached hydrogens (tertiary/aromatic N) is 2. The van der Waals surface area contributed by atoms with Crippen LogP contribution in [-0.4, -0.2) is 21.7 Å². The molecular formula is C21H20FN3O3. The van der Waals surface area contributed by atoms with Crippen molar-refractivity contribution in [1.82, 2.24) is 9.88 Å². The maximum Gasteiger partial charge on any atom is 0.255 e. The first-order valence-corrected chi connectivity index (χ1v) is 8.70. The van der Waals surface area contributed by atoms with Crippen LogP contribution in [0.1, 0.15) is 46.2 Å². The van der Waals surface area contributed by atoms with Gasteiger partial charge in [-0.2, -0.15) is 0 Å². The Bertz CT molecular complexity index is 954. The molecule has 2 amide bonds. The van der Waals surface area contributed by atoms with Crippen molar-refractivity contribution in [3.63, 3.8) is 0 Å². The molecule has 2 N–H and O–H groups in total. The fourth-order valence-electron chi connectivity index (χ4n) is 3.20. The summed E-state index contributed by atoms with van der Waals surface area (Å²) in [6, 6.07) is 11.2. The number of aromatic nitrogens is 1. The Morgan fingerprint density at radius 1 is 1.18 bits per heavy atom. The molecule has 0 saturated carbocycles. The average molecular weight is 381 g/mol. The number of primary amides is 1. The summed E-state index contributed by atoms with van der Waals surface area (Å²) in [5.74, 6) is -1.62. The third kappa shape index (κ3) is 3.93. The first kappa shape index (κ1) is 19.3. The van der Waals surface area contributed by atoms with Crippen LogP contribution < -0.4 is 5.73 Å². The number of rotatable bonds is 6. The molecule has 0 aliphatic rings. The lowest BCUT2D eigenvalue weighted by atomic mass is 9.99. The summed E-state index contributed by atoms with van der Waals surface area (Å²) in [5.41, 5.74) is 7.45. The Morgan fingerprint density at radius 2 is 1.89 bits per heavy atom. The second-order valence-electron chi connectivity index (χ2n) is 6.53. The van der Waals surface area contributed by atoms with Crippen molar-refractivity contribution in [3.05, 3.63) is 89.4 Å². The highest BCUT2D eigenvalue weighted by Crippen LogP contribution is 2.32. The van der Waals surface area contributed by atoms with Gasteiger partial charge in [-0.1, -0.05) is 24.3 Å². The molecule has 0 bridgehead atoms. The predicted molar refractivity (Wildman–Crippen MR) is 101 cm³/mol. The molecule has 1 aromatic heterocycles. The molecule has 6 nitrogen and oxygen atoms in total. The maximum atomic E-state index is 14.0. The number of oxazole rings is 1. The summed E-state index contributed by atoms with van der Waals surface area (Å²) in [6.45, 7) is 3.47. The van der Waals surface area contributed by atoms with E-state index in [2.05, 4.69) is 4.98 Å². The number of aryl methyl sites for hydroxylation is 1. The number of carbonyl (C=O) groups excluding carboxylic acids is 2. The number of nitrogens with two attached hydrogens (primary N) is 1. The summed E-state index contributed by atoms with van der Waals surface area (Å²) < 4.78 is 19.0. The van der Waals surface area contributed by atoms with Gasteiger partial charge in [-0.05, 0) is 49.2 Å². The first-order valence-electron chi connectivity index (χ1n) is 8.70. The third-order valence-corrected chi connectivity index (χ3v) is 4.50. The minimum Gasteiger partial charge on any atom is -0.451 e. The van der Waals surface area contributed by atoms with Crippen molar-refractivity contribution in [2.45, 2.75) is 25.9 Å². The molecule has 3 rings (SSSR count). The molecule has 0 unspecified atom stereocenters. The van der Waals surface area contributed by atoms with Crippen molar-refractivity contribution >= 4 is 11.8 Å². The third-order valence-electron chi connectivity index (χ3n) is 4.50. The number of hydrogen-bond acceptors (Lipinski definition) is 4. The molecule has 7 heteroatoms. The van der Waals surface area contributed by atoms with Crippen molar-refractivity contribution < 1.29 is 18.4 Å². The highest BCUT2D eigenvalue weighted by Gasteiger charge is 2.36. The van der Waals surface area contributed by atoms with E-state index in [1.165, 1.54) is 23.3 Å². The molecule has 2 aromatic carbocycles. The maximum absolute atomic E-state index is 14.0. The molecule has 0 aliphatic heterocycles. The number of benzene rings is 2. The standard InChI is InChI=1S/C21H20FN3O3/c1-13-8-16(10-17(22)9-13)14(2)25(21(27)15-6-4-3-5-7-15)19(20(23)26)18-11-28-12-24-18/h3-12,14,19H,1-2H3,(H2,23,26)/t14-,19-/m1/s1. The lowest BCUT2D eigenvalue weighted by molar-refractivity contribution is -0.123. The van der Waals surface area contributed by atoms with Crippen LogP contribution in [0.2, 0.25) is 0 Å². The van der Waals surface area contributed by atoms with E-state index in [0.29, 0.717) is 16.7 Å². The Morgan fingerprint density at radius 3 is 2.46 bits per heavy atom. The smallest absolute Gasteiger partial charge is 0.255 e. The lowest BCUT2D eigenvalue weighted by Gasteiger charge is -2.34. The van der Waals surface area contributed by atoms with Crippen molar-refractivity contribution in [2.75, 3.05) is 0 Å². The van der Waals surface area contributed by atoms with Crippen LogP contribution >= 0.6 is 0 Å². The summed E-state index contributed by atoms with van der Waals surface area (Å²) in [4.78, 5) is 31.0. The van der Waals surface area contributed by atoms with E-state index in [-0.39, 0.29) is 5.69 Å². The van der Waals surface area contributed by atoms with E-state index in [9.17, 15) is 14.0 Å². The van der Waals surface area contributed by atoms with Gasteiger partial charge in [-0.3, -0.25) is 9.59 Å². The van der Waals surface area contributed by atoms with Gasteiger partial charge in [0, 0.05) is 5.56 Å². The quantitative estimate of drug-likeness (QED) is 0.707. The van der Waals surface area contributed by atoms with E-state index in [4.69, 9.17) is 10.2 Å². The van der Waals surface area contributed by atoms with Gasteiger partial charge in [0.1, 0.15) is 17.8 Å². The van der Waals surface area contributed by atoms with Crippen LogP contribution in [0.15, 0.2) is 65.6 Å². The van der Waals surface area contributed by atoms with E-state index in [1.54, 1.807) is 50.2 Å². The molecule has 0 aliphatic carbocycles. The molecule has 0 saturated heterocycles. The molecular weight excluding hydrogens is 361 g/mol. The van der Waals surface area contributed by atoms with Crippen molar-refractivity contribution in [1.29, 1.82) is 0 Å². The summed E-state index contributed by atoms with van der Waals surface area (Å²) >= 11 is 0. The first-order chi connectivity index (χ1) is 13.4. The average Bonchev–Trinajstić information content (AvgIpc) is 3.18. The predicted octanol–water partition coefficient (Wildman–Crippen LogP) is 3.55. The van der Waals surface area contributed by atoms with E-state index < -0.39 is 29.7 Å². The monoisotopic (exact) mass is 381 g/mol. The number of halogens is 1. The number of amides is 2. The van der Waals surface area contributed by atoms with E-state index in [0.717, 1.165) is 6.39 Å². The summed E-state index contributed by atoms with van der Waals surface area (Å²) in [6.07, 6.45) is 2.43. The normalized spacial score (nSPS) is 13.0. The molecule has 28 heavy (non-hydrogen) atoms. The van der Waals surface area contributed by atoms with Crippen molar-refractivity contribution in [2.24, 2.45) is 5.73 Å². The molecule has 144 valence electrons. The summed E-state index contributed by atoms with van der Waals surface area (Å²) in [5, 5.41) is 0. The molecule has 0 fully saturated rings. The zero-order valence-electron chi connectivity index (χ0n) is 15.5. The zero-order valence-corrected chi connectivity index (χ0v) is 15.5. The van der Waals surface area contributed by atoms with Crippen LogP contribution in [-0.2, 0) is 4.79 Å². The fourth-order valence-corrected chi connectivity index (χ4v) is 3.20. The Balaban J connectivity index is 2.13. The van der Waals surface area contributed by atoms with Gasteiger partial charge in [0.05, 0.1) is 6.04 Å². The Labute approximate surface area is 161 Å². The second-order valence-corrected chi connectivity index (χ2v) is 6.53. The highest BCUT2D eigenvalue weighted by molar-refractivity contribution is 5.97. The molecule has 1 heterocycles. The van der Waals surface area contributed by atoms with Crippen molar-refractivity contribution in [3.8, 4) is 0 Å². The van der Waals surface area contributed by atoms with Crippen LogP contribution in [0.3, 0.4) is 0 Å². The fraction of sp³-hybridized carbons (Fsp3) is 0.190. The van der Waals surface area contributed by atoms with Gasteiger partial charge < -0.3 is 15.1 Å². The van der Waals surface area contributed by atoms with Crippen LogP contribution in [0, 0.1) is 12.7 Å². The second kappa shape index (κ2) is 8.04. The Kier molecular flexibility index (Phi) is 5.54. The number of hydrogen-bond donors (Lipinski definition) is 1. The van der Waals surface area contributed by atoms with Crippen LogP contribution in [0.5, 0.6) is 0 Å². The van der Waals surface area contributed by atoms with Gasteiger partial charge in [0.2, 0.25) is 5.91 Å². The van der Waals surface area contributed by atoms with Crippen LogP contribution in [0.4, 0.5) is 4.39 Å². The molecule has 0 spiro atoms. The molecule has 0 radical (unpaired) electrons. The Hall–Kier alpha value is -3.48. The molecule has 3 aromatic rings. The SMILES string of the molecule is Cc1cc(F)cc([C@@H](C)N(C(=O)c2ccccc2)[C@@H](C(N)=O)c2cocn2)c1. The van der Waals surface area contributed by atoms with Gasteiger partial charge >= 0.3 is 0 Å². The lowest BCUT2D eigenvalue weighted by Crippen LogP contribution is -2.43. The van der Waals surface area contributed by atoms with Gasteiger partial charge in [-0.25, -0.2) is 9.37 Å². The molecule has 2 atom stereocenters. The van der Waals surface area contributed by atoms with E-state index >= 15 is 0 Å². The highest BCUT2D eigenvalue weighted by atomic mass is 19.1. The van der Waals surface area contributed by atoms with Gasteiger partial charge in [-0.15, -0.1) is 0 Å². The number of carbonyl (C=O) groups is 2. The largest absolute Gasteiger partial charge is 0.451 e. The topological polar surface area (TPSA) is 89.4 Å². The summed E-state index contributed by atoms with van der Waals surface area (Å²) in [7, 11) is 0. The minimum atomic E-state index is -1.18. The van der Waals surface area contributed by atoms with Gasteiger partial charge in [0.25, 0.3) is 5.91 Å². The van der Waals surface area contributed by atoms with Gasteiger partial charge in [0.15, 0.2) is 12.4 Å². The van der Waals surface area contributed by atoms with Crippen LogP contribution in [0.25, 0.3) is 0 Å². The minimum absolute atomic E-state index is 0.205. The van der Waals surface area contributed by atoms with E-state index in [1.807, 2.05) is 0 Å². The zero-order chi connectivity index (χ0) is 20.3.